The molecule has 0 unspecified atom stereocenters. The molecule has 2 amide bonds. The van der Waals surface area contributed by atoms with Gasteiger partial charge in [0, 0.05) is 31.7 Å². The van der Waals surface area contributed by atoms with Crippen molar-refractivity contribution in [3.05, 3.63) is 47.3 Å². The van der Waals surface area contributed by atoms with Gasteiger partial charge in [0.25, 0.3) is 5.91 Å². The number of hydrogen-bond acceptors (Lipinski definition) is 4. The molecule has 1 aromatic carbocycles. The summed E-state index contributed by atoms with van der Waals surface area (Å²) in [5.41, 5.74) is 3.48. The maximum absolute atomic E-state index is 13.0. The molecule has 1 fully saturated rings. The van der Waals surface area contributed by atoms with E-state index in [-0.39, 0.29) is 29.8 Å². The SMILES string of the molecule is COCC(=O)Nc1cn[nH]c1[C@@H]1CCCN(C(=O)c2ccc(C(C)(C)C)cc2)C1. The van der Waals surface area contributed by atoms with Gasteiger partial charge < -0.3 is 15.0 Å². The molecule has 0 radical (unpaired) electrons. The number of carbonyl (C=O) groups is 2. The number of nitrogens with one attached hydrogen (secondary N) is 2. The van der Waals surface area contributed by atoms with Crippen molar-refractivity contribution in [2.75, 3.05) is 32.1 Å². The van der Waals surface area contributed by atoms with Crippen molar-refractivity contribution in [1.29, 1.82) is 0 Å². The van der Waals surface area contributed by atoms with E-state index in [1.54, 1.807) is 6.20 Å². The first-order valence-corrected chi connectivity index (χ1v) is 10.0. The summed E-state index contributed by atoms with van der Waals surface area (Å²) in [5.74, 6) is -0.0839. The maximum atomic E-state index is 13.0. The molecule has 1 aromatic heterocycles. The molecule has 1 atom stereocenters. The van der Waals surface area contributed by atoms with Crippen molar-refractivity contribution in [1.82, 2.24) is 15.1 Å². The highest BCUT2D eigenvalue weighted by Gasteiger charge is 2.28. The first-order valence-electron chi connectivity index (χ1n) is 10.0. The number of likely N-dealkylation sites (tertiary alicyclic amines) is 1. The minimum atomic E-state index is -0.224. The lowest BCUT2D eigenvalue weighted by atomic mass is 9.86. The second kappa shape index (κ2) is 8.78. The predicted octanol–water partition coefficient (Wildman–Crippen LogP) is 3.31. The van der Waals surface area contributed by atoms with Crippen LogP contribution in [0.25, 0.3) is 0 Å². The van der Waals surface area contributed by atoms with E-state index in [1.807, 2.05) is 29.2 Å². The van der Waals surface area contributed by atoms with Crippen molar-refractivity contribution in [2.45, 2.75) is 44.9 Å². The lowest BCUT2D eigenvalue weighted by Gasteiger charge is -2.33. The zero-order valence-electron chi connectivity index (χ0n) is 17.6. The normalized spacial score (nSPS) is 17.2. The molecule has 7 nitrogen and oxygen atoms in total. The van der Waals surface area contributed by atoms with E-state index in [0.29, 0.717) is 17.8 Å². The monoisotopic (exact) mass is 398 g/mol. The number of hydrogen-bond donors (Lipinski definition) is 2. The van der Waals surface area contributed by atoms with Crippen LogP contribution in [0.2, 0.25) is 0 Å². The maximum Gasteiger partial charge on any atom is 0.253 e. The van der Waals surface area contributed by atoms with E-state index in [9.17, 15) is 9.59 Å². The minimum absolute atomic E-state index is 0.00947. The number of benzene rings is 1. The van der Waals surface area contributed by atoms with Gasteiger partial charge in [0.1, 0.15) is 6.61 Å². The van der Waals surface area contributed by atoms with Gasteiger partial charge in [0.15, 0.2) is 0 Å². The molecule has 0 bridgehead atoms. The van der Waals surface area contributed by atoms with Gasteiger partial charge in [0.05, 0.1) is 17.6 Å². The van der Waals surface area contributed by atoms with E-state index in [4.69, 9.17) is 4.74 Å². The third-order valence-electron chi connectivity index (χ3n) is 5.33. The number of rotatable bonds is 5. The van der Waals surface area contributed by atoms with Crippen molar-refractivity contribution >= 4 is 17.5 Å². The quantitative estimate of drug-likeness (QED) is 0.809. The molecular formula is C22H30N4O3. The lowest BCUT2D eigenvalue weighted by Crippen LogP contribution is -2.39. The number of carbonyl (C=O) groups excluding carboxylic acids is 2. The van der Waals surface area contributed by atoms with Gasteiger partial charge in [-0.3, -0.25) is 14.7 Å². The Hall–Kier alpha value is -2.67. The Labute approximate surface area is 171 Å². The van der Waals surface area contributed by atoms with Crippen LogP contribution < -0.4 is 5.32 Å². The van der Waals surface area contributed by atoms with Gasteiger partial charge in [0.2, 0.25) is 5.91 Å². The molecule has 1 saturated heterocycles. The molecule has 29 heavy (non-hydrogen) atoms. The van der Waals surface area contributed by atoms with Gasteiger partial charge in [-0.25, -0.2) is 0 Å². The van der Waals surface area contributed by atoms with Crippen LogP contribution in [0.4, 0.5) is 5.69 Å². The first-order chi connectivity index (χ1) is 13.8. The number of methoxy groups -OCH3 is 1. The zero-order chi connectivity index (χ0) is 21.0. The Morgan fingerprint density at radius 2 is 2.00 bits per heavy atom. The fraction of sp³-hybridized carbons (Fsp3) is 0.500. The van der Waals surface area contributed by atoms with Crippen molar-refractivity contribution in [3.63, 3.8) is 0 Å². The summed E-state index contributed by atoms with van der Waals surface area (Å²) in [7, 11) is 1.48. The van der Waals surface area contributed by atoms with E-state index in [1.165, 1.54) is 12.7 Å². The highest BCUT2D eigenvalue weighted by atomic mass is 16.5. The van der Waals surface area contributed by atoms with Crippen LogP contribution in [-0.2, 0) is 14.9 Å². The Balaban J connectivity index is 1.70. The van der Waals surface area contributed by atoms with E-state index in [2.05, 4.69) is 36.3 Å². The van der Waals surface area contributed by atoms with Crippen LogP contribution in [0.1, 0.15) is 61.1 Å². The van der Waals surface area contributed by atoms with Crippen molar-refractivity contribution in [2.24, 2.45) is 0 Å². The van der Waals surface area contributed by atoms with Crippen molar-refractivity contribution < 1.29 is 14.3 Å². The number of aromatic amines is 1. The topological polar surface area (TPSA) is 87.3 Å². The van der Waals surface area contributed by atoms with Crippen LogP contribution in [-0.4, -0.2) is 53.7 Å². The number of aromatic nitrogens is 2. The molecule has 0 saturated carbocycles. The van der Waals surface area contributed by atoms with Crippen LogP contribution in [0.3, 0.4) is 0 Å². The molecule has 1 aliphatic heterocycles. The molecule has 2 aromatic rings. The van der Waals surface area contributed by atoms with Crippen LogP contribution in [0.15, 0.2) is 30.5 Å². The molecule has 0 aliphatic carbocycles. The highest BCUT2D eigenvalue weighted by molar-refractivity contribution is 5.94. The highest BCUT2D eigenvalue weighted by Crippen LogP contribution is 2.31. The number of nitrogens with zero attached hydrogens (tertiary/aromatic N) is 2. The number of anilines is 1. The molecule has 2 N–H and O–H groups in total. The average Bonchev–Trinajstić information content (AvgIpc) is 3.15. The Kier molecular flexibility index (Phi) is 6.37. The molecule has 1 aliphatic rings. The lowest BCUT2D eigenvalue weighted by molar-refractivity contribution is -0.119. The number of H-pyrrole nitrogens is 1. The molecule has 7 heteroatoms. The second-order valence-corrected chi connectivity index (χ2v) is 8.60. The van der Waals surface area contributed by atoms with Gasteiger partial charge in [-0.1, -0.05) is 32.9 Å². The largest absolute Gasteiger partial charge is 0.375 e. The molecule has 2 heterocycles. The fourth-order valence-electron chi connectivity index (χ4n) is 3.72. The smallest absolute Gasteiger partial charge is 0.253 e. The van der Waals surface area contributed by atoms with Gasteiger partial charge in [-0.15, -0.1) is 0 Å². The molecule has 0 spiro atoms. The van der Waals surface area contributed by atoms with Crippen molar-refractivity contribution in [3.8, 4) is 0 Å². The number of piperidine rings is 1. The zero-order valence-corrected chi connectivity index (χ0v) is 17.6. The molecular weight excluding hydrogens is 368 g/mol. The third-order valence-corrected chi connectivity index (χ3v) is 5.33. The summed E-state index contributed by atoms with van der Waals surface area (Å²) in [4.78, 5) is 26.8. The number of ether oxygens (including phenoxy) is 1. The standard InChI is InChI=1S/C22H30N4O3/c1-22(2,3)17-9-7-15(8-10-17)21(28)26-11-5-6-16(13-26)20-18(12-23-25-20)24-19(27)14-29-4/h7-10,12,16H,5-6,11,13-14H2,1-4H3,(H,23,25)(H,24,27)/t16-/m1/s1. The van der Waals surface area contributed by atoms with E-state index < -0.39 is 0 Å². The Morgan fingerprint density at radius 3 is 2.66 bits per heavy atom. The van der Waals surface area contributed by atoms with Gasteiger partial charge >= 0.3 is 0 Å². The van der Waals surface area contributed by atoms with Gasteiger partial charge in [-0.2, -0.15) is 5.10 Å². The summed E-state index contributed by atoms with van der Waals surface area (Å²) in [5, 5.41) is 9.91. The van der Waals surface area contributed by atoms with Gasteiger partial charge in [-0.05, 0) is 36.0 Å². The first kappa shape index (κ1) is 21.0. The van der Waals surface area contributed by atoms with E-state index in [0.717, 1.165) is 25.1 Å². The molecule has 156 valence electrons. The number of amides is 2. The second-order valence-electron chi connectivity index (χ2n) is 8.60. The minimum Gasteiger partial charge on any atom is -0.375 e. The van der Waals surface area contributed by atoms with E-state index >= 15 is 0 Å². The average molecular weight is 399 g/mol. The summed E-state index contributed by atoms with van der Waals surface area (Å²) in [6.07, 6.45) is 3.44. The molecule has 3 rings (SSSR count). The van der Waals surface area contributed by atoms with Crippen LogP contribution in [0.5, 0.6) is 0 Å². The summed E-state index contributed by atoms with van der Waals surface area (Å²) in [6, 6.07) is 7.90. The fourth-order valence-corrected chi connectivity index (χ4v) is 3.72. The van der Waals surface area contributed by atoms with Crippen LogP contribution in [0, 0.1) is 0 Å². The summed E-state index contributed by atoms with van der Waals surface area (Å²) < 4.78 is 4.87. The summed E-state index contributed by atoms with van der Waals surface area (Å²) in [6.45, 7) is 7.79. The van der Waals surface area contributed by atoms with Crippen LogP contribution >= 0.6 is 0 Å². The Morgan fingerprint density at radius 1 is 1.28 bits per heavy atom. The summed E-state index contributed by atoms with van der Waals surface area (Å²) >= 11 is 0. The third kappa shape index (κ3) is 5.03. The predicted molar refractivity (Wildman–Crippen MR) is 112 cm³/mol. The Bertz CT molecular complexity index is 852.